The van der Waals surface area contributed by atoms with Crippen LogP contribution in [0.3, 0.4) is 0 Å². The first kappa shape index (κ1) is 12.7. The smallest absolute Gasteiger partial charge is 0.340 e. The number of carbonyl (C=O) groups is 1. The maximum absolute atomic E-state index is 11.8. The van der Waals surface area contributed by atoms with Crippen molar-refractivity contribution >= 4 is 17.5 Å². The number of pyridine rings is 1. The van der Waals surface area contributed by atoms with Crippen LogP contribution in [-0.4, -0.2) is 24.1 Å². The quantitative estimate of drug-likeness (QED) is 0.754. The fourth-order valence-corrected chi connectivity index (χ4v) is 1.81. The van der Waals surface area contributed by atoms with Gasteiger partial charge in [0.2, 0.25) is 0 Å². The van der Waals surface area contributed by atoms with Crippen LogP contribution in [0.5, 0.6) is 0 Å². The lowest BCUT2D eigenvalue weighted by Gasteiger charge is -2.11. The highest BCUT2D eigenvalue weighted by molar-refractivity contribution is 5.96. The Morgan fingerprint density at radius 1 is 1.61 bits per heavy atom. The highest BCUT2D eigenvalue weighted by Gasteiger charge is 2.21. The summed E-state index contributed by atoms with van der Waals surface area (Å²) < 4.78 is 5.00. The van der Waals surface area contributed by atoms with Crippen molar-refractivity contribution in [3.8, 4) is 0 Å². The lowest BCUT2D eigenvalue weighted by molar-refractivity contribution is 0.0527. The minimum absolute atomic E-state index is 0.325. The molecule has 0 aliphatic heterocycles. The van der Waals surface area contributed by atoms with Gasteiger partial charge in [-0.2, -0.15) is 0 Å². The Balaban J connectivity index is 2.03. The van der Waals surface area contributed by atoms with E-state index in [9.17, 15) is 4.79 Å². The summed E-state index contributed by atoms with van der Waals surface area (Å²) in [7, 11) is 0. The highest BCUT2D eigenvalue weighted by atomic mass is 16.5. The molecule has 0 bridgehead atoms. The van der Waals surface area contributed by atoms with Crippen LogP contribution < -0.4 is 11.1 Å². The van der Waals surface area contributed by atoms with Gasteiger partial charge in [0, 0.05) is 6.54 Å². The summed E-state index contributed by atoms with van der Waals surface area (Å²) in [5.74, 6) is 0.816. The molecule has 0 amide bonds. The largest absolute Gasteiger partial charge is 0.462 e. The fraction of sp³-hybridized carbons (Fsp3) is 0.538. The number of carbonyl (C=O) groups excluding carboxylic acids is 1. The van der Waals surface area contributed by atoms with E-state index >= 15 is 0 Å². The average molecular weight is 249 g/mol. The Labute approximate surface area is 107 Å². The molecule has 3 N–H and O–H groups in total. The third kappa shape index (κ3) is 3.35. The van der Waals surface area contributed by atoms with E-state index in [0.29, 0.717) is 23.7 Å². The maximum atomic E-state index is 11.8. The molecular formula is C13H19N3O2. The molecule has 2 rings (SSSR count). The van der Waals surface area contributed by atoms with Crippen molar-refractivity contribution in [3.63, 3.8) is 0 Å². The SMILES string of the molecule is CCOC(=O)c1cc(N)ncc1NCCC1CC1. The molecule has 1 aromatic heterocycles. The van der Waals surface area contributed by atoms with Crippen LogP contribution >= 0.6 is 0 Å². The van der Waals surface area contributed by atoms with Crippen molar-refractivity contribution < 1.29 is 9.53 Å². The molecule has 1 heterocycles. The zero-order chi connectivity index (χ0) is 13.0. The maximum Gasteiger partial charge on any atom is 0.340 e. The summed E-state index contributed by atoms with van der Waals surface area (Å²) in [6, 6.07) is 1.55. The van der Waals surface area contributed by atoms with Gasteiger partial charge in [-0.05, 0) is 25.3 Å². The van der Waals surface area contributed by atoms with E-state index < -0.39 is 0 Å². The number of hydrogen-bond donors (Lipinski definition) is 2. The first-order valence-corrected chi connectivity index (χ1v) is 6.37. The lowest BCUT2D eigenvalue weighted by Crippen LogP contribution is -2.12. The Morgan fingerprint density at radius 3 is 3.06 bits per heavy atom. The number of hydrogen-bond acceptors (Lipinski definition) is 5. The summed E-state index contributed by atoms with van der Waals surface area (Å²) in [6.45, 7) is 2.98. The lowest BCUT2D eigenvalue weighted by atomic mass is 10.2. The minimum atomic E-state index is -0.361. The normalized spacial score (nSPS) is 14.3. The van der Waals surface area contributed by atoms with Gasteiger partial charge in [0.25, 0.3) is 0 Å². The number of esters is 1. The van der Waals surface area contributed by atoms with Crippen LogP contribution in [0.2, 0.25) is 0 Å². The van der Waals surface area contributed by atoms with Crippen LogP contribution in [0.25, 0.3) is 0 Å². The summed E-state index contributed by atoms with van der Waals surface area (Å²) >= 11 is 0. The zero-order valence-electron chi connectivity index (χ0n) is 10.6. The first-order chi connectivity index (χ1) is 8.70. The number of nitrogens with one attached hydrogen (secondary N) is 1. The van der Waals surface area contributed by atoms with Gasteiger partial charge in [0.15, 0.2) is 0 Å². The van der Waals surface area contributed by atoms with Gasteiger partial charge in [0.1, 0.15) is 5.82 Å². The number of aromatic nitrogens is 1. The van der Waals surface area contributed by atoms with E-state index in [1.807, 2.05) is 0 Å². The van der Waals surface area contributed by atoms with Crippen LogP contribution in [-0.2, 0) is 4.74 Å². The number of nitrogens with two attached hydrogens (primary N) is 1. The van der Waals surface area contributed by atoms with Crippen molar-refractivity contribution in [2.45, 2.75) is 26.2 Å². The van der Waals surface area contributed by atoms with Crippen LogP contribution in [0, 0.1) is 5.92 Å². The number of ether oxygens (including phenoxy) is 1. The molecule has 0 radical (unpaired) electrons. The highest BCUT2D eigenvalue weighted by Crippen LogP contribution is 2.32. The summed E-state index contributed by atoms with van der Waals surface area (Å²) in [6.07, 6.45) is 5.37. The van der Waals surface area contributed by atoms with Gasteiger partial charge in [-0.15, -0.1) is 0 Å². The van der Waals surface area contributed by atoms with Gasteiger partial charge in [-0.25, -0.2) is 9.78 Å². The van der Waals surface area contributed by atoms with Crippen LogP contribution in [0.4, 0.5) is 11.5 Å². The van der Waals surface area contributed by atoms with E-state index in [1.165, 1.54) is 12.8 Å². The Hall–Kier alpha value is -1.78. The predicted octanol–water partition coefficient (Wildman–Crippen LogP) is 2.05. The summed E-state index contributed by atoms with van der Waals surface area (Å²) in [4.78, 5) is 15.8. The van der Waals surface area contributed by atoms with E-state index in [1.54, 1.807) is 19.2 Å². The van der Waals surface area contributed by atoms with E-state index in [-0.39, 0.29) is 5.97 Å². The average Bonchev–Trinajstić information content (AvgIpc) is 3.15. The van der Waals surface area contributed by atoms with E-state index in [4.69, 9.17) is 10.5 Å². The van der Waals surface area contributed by atoms with Crippen molar-refractivity contribution in [2.75, 3.05) is 24.2 Å². The third-order valence-electron chi connectivity index (χ3n) is 2.99. The van der Waals surface area contributed by atoms with Gasteiger partial charge in [0.05, 0.1) is 24.1 Å². The first-order valence-electron chi connectivity index (χ1n) is 6.37. The number of anilines is 2. The molecule has 0 saturated heterocycles. The molecule has 1 aliphatic carbocycles. The monoisotopic (exact) mass is 249 g/mol. The van der Waals surface area contributed by atoms with Gasteiger partial charge >= 0.3 is 5.97 Å². The summed E-state index contributed by atoms with van der Waals surface area (Å²) in [5.41, 5.74) is 6.76. The second-order valence-electron chi connectivity index (χ2n) is 4.53. The Kier molecular flexibility index (Phi) is 4.02. The molecule has 5 heteroatoms. The molecule has 0 spiro atoms. The summed E-state index contributed by atoms with van der Waals surface area (Å²) in [5, 5.41) is 3.23. The second-order valence-corrected chi connectivity index (χ2v) is 4.53. The second kappa shape index (κ2) is 5.71. The minimum Gasteiger partial charge on any atom is -0.462 e. The fourth-order valence-electron chi connectivity index (χ4n) is 1.81. The molecule has 1 saturated carbocycles. The van der Waals surface area contributed by atoms with Crippen molar-refractivity contribution in [2.24, 2.45) is 5.92 Å². The molecule has 18 heavy (non-hydrogen) atoms. The molecule has 0 unspecified atom stereocenters. The van der Waals surface area contributed by atoms with E-state index in [0.717, 1.165) is 18.9 Å². The molecule has 1 aliphatic rings. The van der Waals surface area contributed by atoms with Crippen molar-refractivity contribution in [1.82, 2.24) is 4.98 Å². The molecular weight excluding hydrogens is 230 g/mol. The number of rotatable bonds is 6. The van der Waals surface area contributed by atoms with Gasteiger partial charge in [-0.1, -0.05) is 12.8 Å². The van der Waals surface area contributed by atoms with Crippen molar-refractivity contribution in [1.29, 1.82) is 0 Å². The van der Waals surface area contributed by atoms with Gasteiger partial charge in [-0.3, -0.25) is 0 Å². The van der Waals surface area contributed by atoms with Crippen LogP contribution in [0.1, 0.15) is 36.5 Å². The third-order valence-corrected chi connectivity index (χ3v) is 2.99. The number of nitrogens with zero attached hydrogens (tertiary/aromatic N) is 1. The number of nitrogen functional groups attached to an aromatic ring is 1. The molecule has 1 aromatic rings. The Bertz CT molecular complexity index is 430. The topological polar surface area (TPSA) is 77.2 Å². The molecule has 98 valence electrons. The van der Waals surface area contributed by atoms with Crippen LogP contribution in [0.15, 0.2) is 12.3 Å². The predicted molar refractivity (Wildman–Crippen MR) is 70.4 cm³/mol. The van der Waals surface area contributed by atoms with Crippen molar-refractivity contribution in [3.05, 3.63) is 17.8 Å². The molecule has 0 aromatic carbocycles. The Morgan fingerprint density at radius 2 is 2.39 bits per heavy atom. The molecule has 0 atom stereocenters. The standard InChI is InChI=1S/C13H19N3O2/c1-2-18-13(17)10-7-12(14)16-8-11(10)15-6-5-9-3-4-9/h7-9,15H,2-6H2,1H3,(H2,14,16). The zero-order valence-corrected chi connectivity index (χ0v) is 10.6. The van der Waals surface area contributed by atoms with Gasteiger partial charge < -0.3 is 15.8 Å². The van der Waals surface area contributed by atoms with E-state index in [2.05, 4.69) is 10.3 Å². The molecule has 1 fully saturated rings. The molecule has 5 nitrogen and oxygen atoms in total.